The molecule has 17 heavy (non-hydrogen) atoms. The van der Waals surface area contributed by atoms with Gasteiger partial charge in [0.15, 0.2) is 0 Å². The summed E-state index contributed by atoms with van der Waals surface area (Å²) in [6.45, 7) is 8.86. The van der Waals surface area contributed by atoms with Crippen molar-refractivity contribution in [3.63, 3.8) is 0 Å². The number of halogens is 1. The van der Waals surface area contributed by atoms with E-state index in [-0.39, 0.29) is 12.4 Å². The predicted molar refractivity (Wildman–Crippen MR) is 76.1 cm³/mol. The van der Waals surface area contributed by atoms with Crippen LogP contribution in [0.2, 0.25) is 0 Å². The molecule has 1 saturated heterocycles. The lowest BCUT2D eigenvalue weighted by Gasteiger charge is -2.31. The molecular weight excluding hydrogens is 254 g/mol. The van der Waals surface area contributed by atoms with Crippen LogP contribution in [0, 0.1) is 0 Å². The van der Waals surface area contributed by atoms with Crippen LogP contribution in [-0.2, 0) is 13.0 Å². The van der Waals surface area contributed by atoms with E-state index in [9.17, 15) is 0 Å². The molecule has 1 aliphatic rings. The molecule has 1 fully saturated rings. The van der Waals surface area contributed by atoms with Crippen LogP contribution in [0.1, 0.15) is 31.0 Å². The van der Waals surface area contributed by atoms with E-state index in [1.54, 1.807) is 0 Å². The molecule has 0 unspecified atom stereocenters. The fourth-order valence-electron chi connectivity index (χ4n) is 2.14. The molecule has 2 rings (SSSR count). The largest absolute Gasteiger partial charge is 0.312 e. The SMILES string of the molecule is CCCc1nc(CN2CCN[C@H](C)C2)cs1.Cl. The third-order valence-electron chi connectivity index (χ3n) is 2.90. The van der Waals surface area contributed by atoms with Gasteiger partial charge in [0.2, 0.25) is 0 Å². The molecule has 1 aliphatic heterocycles. The molecule has 2 heterocycles. The predicted octanol–water partition coefficient (Wildman–Crippen LogP) is 2.31. The number of nitrogens with zero attached hydrogens (tertiary/aromatic N) is 2. The van der Waals surface area contributed by atoms with Crippen LogP contribution < -0.4 is 5.32 Å². The van der Waals surface area contributed by atoms with Gasteiger partial charge in [0.05, 0.1) is 10.7 Å². The molecule has 0 spiro atoms. The minimum atomic E-state index is 0. The van der Waals surface area contributed by atoms with Gasteiger partial charge < -0.3 is 5.32 Å². The lowest BCUT2D eigenvalue weighted by molar-refractivity contribution is 0.198. The Bertz CT molecular complexity index is 329. The highest BCUT2D eigenvalue weighted by molar-refractivity contribution is 7.09. The Morgan fingerprint density at radius 3 is 3.12 bits per heavy atom. The molecule has 1 N–H and O–H groups in total. The zero-order valence-electron chi connectivity index (χ0n) is 10.6. The summed E-state index contributed by atoms with van der Waals surface area (Å²) < 4.78 is 0. The molecule has 5 heteroatoms. The summed E-state index contributed by atoms with van der Waals surface area (Å²) in [6.07, 6.45) is 2.32. The number of rotatable bonds is 4. The molecule has 1 atom stereocenters. The second-order valence-electron chi connectivity index (χ2n) is 4.57. The molecule has 0 saturated carbocycles. The molecule has 1 aromatic rings. The van der Waals surface area contributed by atoms with Crippen LogP contribution >= 0.6 is 23.7 Å². The summed E-state index contributed by atoms with van der Waals surface area (Å²) in [4.78, 5) is 7.17. The fraction of sp³-hybridized carbons (Fsp3) is 0.750. The van der Waals surface area contributed by atoms with Crippen LogP contribution in [0.3, 0.4) is 0 Å². The zero-order valence-corrected chi connectivity index (χ0v) is 12.2. The van der Waals surface area contributed by atoms with Crippen molar-refractivity contribution in [2.45, 2.75) is 39.3 Å². The summed E-state index contributed by atoms with van der Waals surface area (Å²) in [7, 11) is 0. The smallest absolute Gasteiger partial charge is 0.0928 e. The fourth-order valence-corrected chi connectivity index (χ4v) is 3.03. The van der Waals surface area contributed by atoms with E-state index in [0.717, 1.165) is 32.6 Å². The Morgan fingerprint density at radius 2 is 2.41 bits per heavy atom. The number of thiazole rings is 1. The number of aryl methyl sites for hydroxylation is 1. The van der Waals surface area contributed by atoms with E-state index in [1.807, 2.05) is 11.3 Å². The van der Waals surface area contributed by atoms with E-state index in [4.69, 9.17) is 0 Å². The van der Waals surface area contributed by atoms with Crippen molar-refractivity contribution in [3.8, 4) is 0 Å². The van der Waals surface area contributed by atoms with Gasteiger partial charge in [0.1, 0.15) is 0 Å². The van der Waals surface area contributed by atoms with Crippen molar-refractivity contribution in [1.29, 1.82) is 0 Å². The standard InChI is InChI=1S/C12H21N3S.ClH/c1-3-4-12-14-11(9-16-12)8-15-6-5-13-10(2)7-15;/h9-10,13H,3-8H2,1-2H3;1H/t10-;/m1./s1. The van der Waals surface area contributed by atoms with Gasteiger partial charge in [-0.2, -0.15) is 0 Å². The first-order chi connectivity index (χ1) is 7.78. The maximum absolute atomic E-state index is 4.68. The first-order valence-corrected chi connectivity index (χ1v) is 7.05. The van der Waals surface area contributed by atoms with Gasteiger partial charge in [0, 0.05) is 37.6 Å². The van der Waals surface area contributed by atoms with Crippen molar-refractivity contribution in [3.05, 3.63) is 16.1 Å². The van der Waals surface area contributed by atoms with Crippen LogP contribution in [-0.4, -0.2) is 35.6 Å². The lowest BCUT2D eigenvalue weighted by atomic mass is 10.2. The monoisotopic (exact) mass is 275 g/mol. The number of hydrogen-bond acceptors (Lipinski definition) is 4. The van der Waals surface area contributed by atoms with Crippen molar-refractivity contribution >= 4 is 23.7 Å². The van der Waals surface area contributed by atoms with Gasteiger partial charge >= 0.3 is 0 Å². The van der Waals surface area contributed by atoms with Crippen LogP contribution in [0.25, 0.3) is 0 Å². The van der Waals surface area contributed by atoms with Gasteiger partial charge in [-0.05, 0) is 19.8 Å². The molecule has 0 radical (unpaired) electrons. The highest BCUT2D eigenvalue weighted by Crippen LogP contribution is 2.14. The lowest BCUT2D eigenvalue weighted by Crippen LogP contribution is -2.48. The maximum atomic E-state index is 4.68. The highest BCUT2D eigenvalue weighted by atomic mass is 35.5. The van der Waals surface area contributed by atoms with Gasteiger partial charge in [-0.1, -0.05) is 6.92 Å². The Labute approximate surface area is 114 Å². The molecule has 1 aromatic heterocycles. The van der Waals surface area contributed by atoms with Crippen LogP contribution in [0.15, 0.2) is 5.38 Å². The number of piperazine rings is 1. The highest BCUT2D eigenvalue weighted by Gasteiger charge is 2.16. The minimum Gasteiger partial charge on any atom is -0.312 e. The first kappa shape index (κ1) is 14.9. The molecule has 0 amide bonds. The summed E-state index contributed by atoms with van der Waals surface area (Å²) >= 11 is 1.81. The third kappa shape index (κ3) is 4.54. The molecule has 0 aromatic carbocycles. The number of hydrogen-bond donors (Lipinski definition) is 1. The van der Waals surface area contributed by atoms with E-state index in [1.165, 1.54) is 17.1 Å². The normalized spacial score (nSPS) is 21.2. The molecule has 98 valence electrons. The molecular formula is C12H22ClN3S. The zero-order chi connectivity index (χ0) is 11.4. The van der Waals surface area contributed by atoms with Crippen molar-refractivity contribution in [1.82, 2.24) is 15.2 Å². The average molecular weight is 276 g/mol. The average Bonchev–Trinajstić information content (AvgIpc) is 2.66. The number of aromatic nitrogens is 1. The van der Waals surface area contributed by atoms with E-state index in [0.29, 0.717) is 6.04 Å². The summed E-state index contributed by atoms with van der Waals surface area (Å²) in [6, 6.07) is 0.613. The Balaban J connectivity index is 0.00000144. The van der Waals surface area contributed by atoms with Gasteiger partial charge in [0.25, 0.3) is 0 Å². The Hall–Kier alpha value is -0.160. The minimum absolute atomic E-state index is 0. The molecule has 0 aliphatic carbocycles. The maximum Gasteiger partial charge on any atom is 0.0928 e. The summed E-state index contributed by atoms with van der Waals surface area (Å²) in [5.74, 6) is 0. The van der Waals surface area contributed by atoms with E-state index in [2.05, 4.69) is 34.4 Å². The van der Waals surface area contributed by atoms with Crippen molar-refractivity contribution in [2.24, 2.45) is 0 Å². The summed E-state index contributed by atoms with van der Waals surface area (Å²) in [5, 5.41) is 6.98. The van der Waals surface area contributed by atoms with Gasteiger partial charge in [-0.3, -0.25) is 4.90 Å². The molecule has 0 bridgehead atoms. The third-order valence-corrected chi connectivity index (χ3v) is 3.86. The quantitative estimate of drug-likeness (QED) is 0.914. The summed E-state index contributed by atoms with van der Waals surface area (Å²) in [5.41, 5.74) is 1.25. The first-order valence-electron chi connectivity index (χ1n) is 6.17. The van der Waals surface area contributed by atoms with Crippen LogP contribution in [0.4, 0.5) is 0 Å². The van der Waals surface area contributed by atoms with Crippen LogP contribution in [0.5, 0.6) is 0 Å². The second-order valence-corrected chi connectivity index (χ2v) is 5.52. The Kier molecular flexibility index (Phi) is 6.41. The van der Waals surface area contributed by atoms with Crippen molar-refractivity contribution in [2.75, 3.05) is 19.6 Å². The topological polar surface area (TPSA) is 28.2 Å². The van der Waals surface area contributed by atoms with Gasteiger partial charge in [-0.15, -0.1) is 23.7 Å². The number of nitrogens with one attached hydrogen (secondary N) is 1. The van der Waals surface area contributed by atoms with E-state index < -0.39 is 0 Å². The second kappa shape index (κ2) is 7.31. The van der Waals surface area contributed by atoms with Gasteiger partial charge in [-0.25, -0.2) is 4.98 Å². The van der Waals surface area contributed by atoms with E-state index >= 15 is 0 Å². The Morgan fingerprint density at radius 1 is 1.59 bits per heavy atom. The molecule has 3 nitrogen and oxygen atoms in total. The van der Waals surface area contributed by atoms with Crippen molar-refractivity contribution < 1.29 is 0 Å².